The highest BCUT2D eigenvalue weighted by Crippen LogP contribution is 2.22. The van der Waals surface area contributed by atoms with Gasteiger partial charge >= 0.3 is 0 Å². The molecule has 0 fully saturated rings. The molecular formula is C17H16N4O2. The topological polar surface area (TPSA) is 69.0 Å². The van der Waals surface area contributed by atoms with E-state index in [1.807, 2.05) is 41.9 Å². The lowest BCUT2D eigenvalue weighted by atomic mass is 10.1. The first-order valence-corrected chi connectivity index (χ1v) is 7.08. The van der Waals surface area contributed by atoms with E-state index in [1.165, 1.54) is 0 Å². The largest absolute Gasteiger partial charge is 0.496 e. The summed E-state index contributed by atoms with van der Waals surface area (Å²) in [6, 6.07) is 14.6. The van der Waals surface area contributed by atoms with Crippen LogP contribution < -0.4 is 10.1 Å². The van der Waals surface area contributed by atoms with Crippen LogP contribution in [0.4, 0.5) is 5.69 Å². The van der Waals surface area contributed by atoms with Crippen molar-refractivity contribution in [3.8, 4) is 17.1 Å². The van der Waals surface area contributed by atoms with E-state index in [4.69, 9.17) is 4.74 Å². The lowest BCUT2D eigenvalue weighted by Gasteiger charge is -2.10. The van der Waals surface area contributed by atoms with Gasteiger partial charge in [0.2, 0.25) is 0 Å². The van der Waals surface area contributed by atoms with Crippen LogP contribution in [-0.2, 0) is 7.05 Å². The first-order valence-electron chi connectivity index (χ1n) is 7.08. The number of ether oxygens (including phenoxy) is 1. The zero-order valence-electron chi connectivity index (χ0n) is 12.9. The molecule has 3 aromatic rings. The Bertz CT molecular complexity index is 842. The van der Waals surface area contributed by atoms with Gasteiger partial charge in [-0.15, -0.1) is 10.2 Å². The van der Waals surface area contributed by atoms with E-state index < -0.39 is 0 Å². The molecule has 3 rings (SSSR count). The van der Waals surface area contributed by atoms with Gasteiger partial charge in [0.25, 0.3) is 5.91 Å². The Hall–Kier alpha value is -3.15. The number of benzene rings is 2. The second-order valence-corrected chi connectivity index (χ2v) is 5.00. The number of amides is 1. The van der Waals surface area contributed by atoms with Crippen LogP contribution in [0.15, 0.2) is 54.9 Å². The van der Waals surface area contributed by atoms with E-state index in [2.05, 4.69) is 15.5 Å². The molecule has 1 heterocycles. The van der Waals surface area contributed by atoms with Crippen LogP contribution in [0.2, 0.25) is 0 Å². The Morgan fingerprint density at radius 2 is 2.00 bits per heavy atom. The number of anilines is 1. The van der Waals surface area contributed by atoms with Crippen LogP contribution >= 0.6 is 0 Å². The molecule has 6 nitrogen and oxygen atoms in total. The molecule has 0 radical (unpaired) electrons. The molecule has 1 N–H and O–H groups in total. The number of carbonyl (C=O) groups is 1. The van der Waals surface area contributed by atoms with Crippen molar-refractivity contribution in [2.24, 2.45) is 7.05 Å². The molecule has 0 bridgehead atoms. The average molecular weight is 308 g/mol. The monoisotopic (exact) mass is 308 g/mol. The van der Waals surface area contributed by atoms with Crippen LogP contribution in [0.3, 0.4) is 0 Å². The third-order valence-corrected chi connectivity index (χ3v) is 3.44. The highest BCUT2D eigenvalue weighted by atomic mass is 16.5. The molecule has 0 aliphatic rings. The highest BCUT2D eigenvalue weighted by Gasteiger charge is 2.12. The fourth-order valence-electron chi connectivity index (χ4n) is 2.31. The smallest absolute Gasteiger partial charge is 0.259 e. The van der Waals surface area contributed by atoms with Gasteiger partial charge in [-0.1, -0.05) is 24.3 Å². The van der Waals surface area contributed by atoms with Gasteiger partial charge < -0.3 is 14.6 Å². The molecule has 0 spiro atoms. The summed E-state index contributed by atoms with van der Waals surface area (Å²) in [5.74, 6) is 1.05. The summed E-state index contributed by atoms with van der Waals surface area (Å²) in [5, 5.41) is 10.8. The maximum Gasteiger partial charge on any atom is 0.259 e. The second kappa shape index (κ2) is 6.31. The van der Waals surface area contributed by atoms with Gasteiger partial charge in [0.15, 0.2) is 5.82 Å². The van der Waals surface area contributed by atoms with Crippen LogP contribution in [0, 0.1) is 0 Å². The van der Waals surface area contributed by atoms with Crippen molar-refractivity contribution in [3.63, 3.8) is 0 Å². The number of nitrogens with zero attached hydrogens (tertiary/aromatic N) is 3. The SMILES string of the molecule is COc1ccccc1C(=O)Nc1cccc(-c2nncn2C)c1. The van der Waals surface area contributed by atoms with Crippen molar-refractivity contribution in [2.75, 3.05) is 12.4 Å². The number of carbonyl (C=O) groups excluding carboxylic acids is 1. The number of para-hydroxylation sites is 1. The lowest BCUT2D eigenvalue weighted by molar-refractivity contribution is 0.102. The van der Waals surface area contributed by atoms with Gasteiger partial charge in [-0.05, 0) is 24.3 Å². The minimum atomic E-state index is -0.224. The van der Waals surface area contributed by atoms with E-state index in [-0.39, 0.29) is 5.91 Å². The predicted octanol–water partition coefficient (Wildman–Crippen LogP) is 2.74. The molecule has 6 heteroatoms. The Balaban J connectivity index is 1.86. The normalized spacial score (nSPS) is 10.3. The minimum absolute atomic E-state index is 0.224. The maximum absolute atomic E-state index is 12.4. The number of rotatable bonds is 4. The fourth-order valence-corrected chi connectivity index (χ4v) is 2.31. The number of methoxy groups -OCH3 is 1. The van der Waals surface area contributed by atoms with Crippen LogP contribution in [0.1, 0.15) is 10.4 Å². The first-order chi connectivity index (χ1) is 11.2. The summed E-state index contributed by atoms with van der Waals surface area (Å²) >= 11 is 0. The van der Waals surface area contributed by atoms with E-state index in [0.717, 1.165) is 11.4 Å². The minimum Gasteiger partial charge on any atom is -0.496 e. The maximum atomic E-state index is 12.4. The Morgan fingerprint density at radius 3 is 2.74 bits per heavy atom. The van der Waals surface area contributed by atoms with Crippen molar-refractivity contribution in [1.82, 2.24) is 14.8 Å². The highest BCUT2D eigenvalue weighted by molar-refractivity contribution is 6.06. The molecule has 116 valence electrons. The van der Waals surface area contributed by atoms with Crippen molar-refractivity contribution < 1.29 is 9.53 Å². The van der Waals surface area contributed by atoms with Crippen LogP contribution in [-0.4, -0.2) is 27.8 Å². The molecule has 0 aliphatic heterocycles. The third kappa shape index (κ3) is 3.06. The molecule has 0 unspecified atom stereocenters. The van der Waals surface area contributed by atoms with Crippen molar-refractivity contribution in [1.29, 1.82) is 0 Å². The first kappa shape index (κ1) is 14.8. The summed E-state index contributed by atoms with van der Waals surface area (Å²) in [7, 11) is 3.41. The van der Waals surface area contributed by atoms with Crippen LogP contribution in [0.5, 0.6) is 5.75 Å². The molecule has 0 atom stereocenters. The molecule has 0 aliphatic carbocycles. The van der Waals surface area contributed by atoms with E-state index in [1.54, 1.807) is 31.6 Å². The molecule has 1 amide bonds. The third-order valence-electron chi connectivity index (χ3n) is 3.44. The molecule has 1 aromatic heterocycles. The lowest BCUT2D eigenvalue weighted by Crippen LogP contribution is -2.13. The van der Waals surface area contributed by atoms with Gasteiger partial charge in [-0.25, -0.2) is 0 Å². The van der Waals surface area contributed by atoms with Gasteiger partial charge in [0, 0.05) is 18.3 Å². The van der Waals surface area contributed by atoms with E-state index in [0.29, 0.717) is 17.0 Å². The Labute approximate surface area is 133 Å². The Morgan fingerprint density at radius 1 is 1.17 bits per heavy atom. The standard InChI is InChI=1S/C17H16N4O2/c1-21-11-18-20-16(21)12-6-5-7-13(10-12)19-17(22)14-8-3-4-9-15(14)23-2/h3-11H,1-2H3,(H,19,22). The second-order valence-electron chi connectivity index (χ2n) is 5.00. The fraction of sp³-hybridized carbons (Fsp3) is 0.118. The van der Waals surface area contributed by atoms with E-state index in [9.17, 15) is 4.79 Å². The van der Waals surface area contributed by atoms with Crippen molar-refractivity contribution in [3.05, 3.63) is 60.4 Å². The summed E-state index contributed by atoms with van der Waals surface area (Å²) < 4.78 is 7.04. The zero-order chi connectivity index (χ0) is 16.2. The molecule has 0 saturated carbocycles. The summed E-state index contributed by atoms with van der Waals surface area (Å²) in [6.45, 7) is 0. The van der Waals surface area contributed by atoms with Gasteiger partial charge in [0.05, 0.1) is 12.7 Å². The average Bonchev–Trinajstić information content (AvgIpc) is 3.01. The van der Waals surface area contributed by atoms with Gasteiger partial charge in [0.1, 0.15) is 12.1 Å². The summed E-state index contributed by atoms with van der Waals surface area (Å²) in [5.41, 5.74) is 2.04. The molecule has 0 saturated heterocycles. The molecule has 23 heavy (non-hydrogen) atoms. The van der Waals surface area contributed by atoms with Crippen molar-refractivity contribution >= 4 is 11.6 Å². The summed E-state index contributed by atoms with van der Waals surface area (Å²) in [6.07, 6.45) is 1.63. The number of aryl methyl sites for hydroxylation is 1. The number of nitrogens with one attached hydrogen (secondary N) is 1. The quantitative estimate of drug-likeness (QED) is 0.804. The van der Waals surface area contributed by atoms with Gasteiger partial charge in [-0.2, -0.15) is 0 Å². The Kier molecular flexibility index (Phi) is 4.05. The molecular weight excluding hydrogens is 292 g/mol. The number of hydrogen-bond acceptors (Lipinski definition) is 4. The molecule has 2 aromatic carbocycles. The van der Waals surface area contributed by atoms with Crippen molar-refractivity contribution in [2.45, 2.75) is 0 Å². The predicted molar refractivity (Wildman–Crippen MR) is 87.4 cm³/mol. The van der Waals surface area contributed by atoms with Crippen LogP contribution in [0.25, 0.3) is 11.4 Å². The number of aromatic nitrogens is 3. The van der Waals surface area contributed by atoms with Gasteiger partial charge in [-0.3, -0.25) is 4.79 Å². The zero-order valence-corrected chi connectivity index (χ0v) is 12.9. The summed E-state index contributed by atoms with van der Waals surface area (Å²) in [4.78, 5) is 12.4. The number of hydrogen-bond donors (Lipinski definition) is 1. The van der Waals surface area contributed by atoms with E-state index >= 15 is 0 Å².